The summed E-state index contributed by atoms with van der Waals surface area (Å²) in [5, 5.41) is 5.56. The number of hydrogen-bond acceptors (Lipinski definition) is 3. The predicted octanol–water partition coefficient (Wildman–Crippen LogP) is 3.90. The van der Waals surface area contributed by atoms with Gasteiger partial charge in [-0.15, -0.1) is 0 Å². The van der Waals surface area contributed by atoms with Crippen LogP contribution in [-0.4, -0.2) is 20.3 Å². The van der Waals surface area contributed by atoms with E-state index in [2.05, 4.69) is 10.6 Å². The summed E-state index contributed by atoms with van der Waals surface area (Å²) in [4.78, 5) is 12.2. The lowest BCUT2D eigenvalue weighted by atomic mass is 9.94. The van der Waals surface area contributed by atoms with Crippen LogP contribution >= 0.6 is 0 Å². The van der Waals surface area contributed by atoms with Crippen molar-refractivity contribution in [2.24, 2.45) is 0 Å². The van der Waals surface area contributed by atoms with Gasteiger partial charge in [0.25, 0.3) is 0 Å². The van der Waals surface area contributed by atoms with Gasteiger partial charge >= 0.3 is 6.03 Å². The molecule has 0 heterocycles. The lowest BCUT2D eigenvalue weighted by Gasteiger charge is -2.27. The third kappa shape index (κ3) is 4.16. The summed E-state index contributed by atoms with van der Waals surface area (Å²) in [6.07, 6.45) is 0. The molecule has 0 aliphatic rings. The van der Waals surface area contributed by atoms with E-state index in [-0.39, 0.29) is 11.8 Å². The van der Waals surface area contributed by atoms with E-state index < -0.39 is 5.54 Å². The molecule has 0 saturated carbocycles. The zero-order valence-electron chi connectivity index (χ0n) is 14.1. The van der Waals surface area contributed by atoms with Gasteiger partial charge in [0.05, 0.1) is 19.8 Å². The Morgan fingerprint density at radius 1 is 1.00 bits per heavy atom. The molecule has 0 bridgehead atoms. The molecular weight excluding hydrogens is 311 g/mol. The molecule has 128 valence electrons. The minimum atomic E-state index is -0.649. The zero-order chi connectivity index (χ0) is 17.7. The Kier molecular flexibility index (Phi) is 5.28. The van der Waals surface area contributed by atoms with Gasteiger partial charge in [-0.05, 0) is 55.8 Å². The third-order valence-corrected chi connectivity index (χ3v) is 3.63. The predicted molar refractivity (Wildman–Crippen MR) is 91.1 cm³/mol. The quantitative estimate of drug-likeness (QED) is 0.873. The van der Waals surface area contributed by atoms with Gasteiger partial charge in [-0.25, -0.2) is 9.18 Å². The van der Waals surface area contributed by atoms with Gasteiger partial charge in [-0.1, -0.05) is 6.07 Å². The summed E-state index contributed by atoms with van der Waals surface area (Å²) in [7, 11) is 3.13. The smallest absolute Gasteiger partial charge is 0.319 e. The van der Waals surface area contributed by atoms with Crippen molar-refractivity contribution in [2.45, 2.75) is 19.4 Å². The Bertz CT molecular complexity index is 715. The maximum absolute atomic E-state index is 12.9. The molecule has 2 rings (SSSR count). The van der Waals surface area contributed by atoms with Gasteiger partial charge in [-0.2, -0.15) is 0 Å². The lowest BCUT2D eigenvalue weighted by Crippen LogP contribution is -2.43. The van der Waals surface area contributed by atoms with Crippen molar-refractivity contribution in [2.75, 3.05) is 19.5 Å². The summed E-state index contributed by atoms with van der Waals surface area (Å²) in [5.74, 6) is 0.850. The van der Waals surface area contributed by atoms with Gasteiger partial charge in [0.15, 0.2) is 11.5 Å². The molecule has 24 heavy (non-hydrogen) atoms. The maximum Gasteiger partial charge on any atom is 0.319 e. The van der Waals surface area contributed by atoms with E-state index in [0.29, 0.717) is 17.2 Å². The molecule has 0 spiro atoms. The number of methoxy groups -OCH3 is 2. The van der Waals surface area contributed by atoms with Crippen LogP contribution in [0.5, 0.6) is 11.5 Å². The number of carbonyl (C=O) groups is 1. The monoisotopic (exact) mass is 332 g/mol. The minimum Gasteiger partial charge on any atom is -0.493 e. The number of rotatable bonds is 5. The summed E-state index contributed by atoms with van der Waals surface area (Å²) in [6, 6.07) is 10.6. The molecular formula is C18H21FN2O3. The SMILES string of the molecule is COc1ccc(C(C)(C)NC(=O)Nc2ccc(F)cc2)cc1OC. The summed E-state index contributed by atoms with van der Waals surface area (Å²) < 4.78 is 23.4. The van der Waals surface area contributed by atoms with Crippen molar-refractivity contribution in [3.05, 3.63) is 53.8 Å². The molecule has 2 aromatic carbocycles. The maximum atomic E-state index is 12.9. The number of halogens is 1. The van der Waals surface area contributed by atoms with Crippen molar-refractivity contribution < 1.29 is 18.7 Å². The summed E-state index contributed by atoms with van der Waals surface area (Å²) >= 11 is 0. The molecule has 0 saturated heterocycles. The van der Waals surface area contributed by atoms with E-state index in [1.807, 2.05) is 26.0 Å². The Hall–Kier alpha value is -2.76. The Morgan fingerprint density at radius 2 is 1.62 bits per heavy atom. The molecule has 2 aromatic rings. The highest BCUT2D eigenvalue weighted by Gasteiger charge is 2.24. The molecule has 2 amide bonds. The molecule has 0 aromatic heterocycles. The fourth-order valence-electron chi connectivity index (χ4n) is 2.28. The van der Waals surface area contributed by atoms with E-state index in [0.717, 1.165) is 5.56 Å². The molecule has 6 heteroatoms. The van der Waals surface area contributed by atoms with Crippen molar-refractivity contribution >= 4 is 11.7 Å². The highest BCUT2D eigenvalue weighted by atomic mass is 19.1. The molecule has 2 N–H and O–H groups in total. The van der Waals surface area contributed by atoms with E-state index in [9.17, 15) is 9.18 Å². The number of carbonyl (C=O) groups excluding carboxylic acids is 1. The van der Waals surface area contributed by atoms with Crippen molar-refractivity contribution in [1.82, 2.24) is 5.32 Å². The standard InChI is InChI=1S/C18H21FN2O3/c1-18(2,12-5-10-15(23-3)16(11-12)24-4)21-17(22)20-14-8-6-13(19)7-9-14/h5-11H,1-4H3,(H2,20,21,22). The zero-order valence-corrected chi connectivity index (χ0v) is 14.1. The normalized spacial score (nSPS) is 10.9. The van der Waals surface area contributed by atoms with Crippen molar-refractivity contribution in [3.63, 3.8) is 0 Å². The summed E-state index contributed by atoms with van der Waals surface area (Å²) in [6.45, 7) is 3.75. The minimum absolute atomic E-state index is 0.355. The number of hydrogen-bond donors (Lipinski definition) is 2. The average molecular weight is 332 g/mol. The van der Waals surface area contributed by atoms with Crippen LogP contribution in [0.1, 0.15) is 19.4 Å². The van der Waals surface area contributed by atoms with Crippen LogP contribution in [0.4, 0.5) is 14.9 Å². The van der Waals surface area contributed by atoms with Crippen LogP contribution in [0.3, 0.4) is 0 Å². The van der Waals surface area contributed by atoms with Crippen LogP contribution in [0, 0.1) is 5.82 Å². The van der Waals surface area contributed by atoms with Crippen LogP contribution in [0.2, 0.25) is 0 Å². The van der Waals surface area contributed by atoms with Crippen LogP contribution in [0.15, 0.2) is 42.5 Å². The largest absolute Gasteiger partial charge is 0.493 e. The van der Waals surface area contributed by atoms with Crippen LogP contribution in [-0.2, 0) is 5.54 Å². The van der Waals surface area contributed by atoms with Crippen LogP contribution in [0.25, 0.3) is 0 Å². The first kappa shape index (κ1) is 17.6. The molecule has 0 radical (unpaired) electrons. The fourth-order valence-corrected chi connectivity index (χ4v) is 2.28. The first-order valence-electron chi connectivity index (χ1n) is 7.43. The third-order valence-electron chi connectivity index (χ3n) is 3.63. The average Bonchev–Trinajstić information content (AvgIpc) is 2.55. The first-order chi connectivity index (χ1) is 11.4. The molecule has 0 aliphatic carbocycles. The fraction of sp³-hybridized carbons (Fsp3) is 0.278. The van der Waals surface area contributed by atoms with Crippen LogP contribution < -0.4 is 20.1 Å². The summed E-state index contributed by atoms with van der Waals surface area (Å²) in [5.41, 5.74) is 0.718. The Balaban J connectivity index is 2.12. The Morgan fingerprint density at radius 3 is 2.21 bits per heavy atom. The highest BCUT2D eigenvalue weighted by molar-refractivity contribution is 5.89. The second-order valence-electron chi connectivity index (χ2n) is 5.78. The number of urea groups is 1. The molecule has 0 fully saturated rings. The van der Waals surface area contributed by atoms with Gasteiger partial charge in [0, 0.05) is 5.69 Å². The number of anilines is 1. The van der Waals surface area contributed by atoms with E-state index in [1.165, 1.54) is 24.3 Å². The number of amides is 2. The van der Waals surface area contributed by atoms with E-state index in [4.69, 9.17) is 9.47 Å². The number of benzene rings is 2. The van der Waals surface area contributed by atoms with E-state index >= 15 is 0 Å². The Labute approximate surface area is 140 Å². The molecule has 5 nitrogen and oxygen atoms in total. The number of ether oxygens (including phenoxy) is 2. The second kappa shape index (κ2) is 7.21. The van der Waals surface area contributed by atoms with Crippen molar-refractivity contribution in [3.8, 4) is 11.5 Å². The topological polar surface area (TPSA) is 59.6 Å². The van der Waals surface area contributed by atoms with Gasteiger partial charge in [0.1, 0.15) is 5.82 Å². The lowest BCUT2D eigenvalue weighted by molar-refractivity contribution is 0.241. The van der Waals surface area contributed by atoms with Crippen molar-refractivity contribution in [1.29, 1.82) is 0 Å². The molecule has 0 aliphatic heterocycles. The number of nitrogens with one attached hydrogen (secondary N) is 2. The first-order valence-corrected chi connectivity index (χ1v) is 7.43. The second-order valence-corrected chi connectivity index (χ2v) is 5.78. The van der Waals surface area contributed by atoms with Gasteiger partial charge in [-0.3, -0.25) is 0 Å². The van der Waals surface area contributed by atoms with E-state index in [1.54, 1.807) is 20.3 Å². The van der Waals surface area contributed by atoms with Gasteiger partial charge in [0.2, 0.25) is 0 Å². The highest BCUT2D eigenvalue weighted by Crippen LogP contribution is 2.32. The molecule has 0 atom stereocenters. The molecule has 0 unspecified atom stereocenters. The van der Waals surface area contributed by atoms with Gasteiger partial charge < -0.3 is 20.1 Å².